The molecule has 0 aromatic carbocycles. The van der Waals surface area contributed by atoms with Crippen LogP contribution in [0.15, 0.2) is 24.4 Å². The van der Waals surface area contributed by atoms with E-state index >= 15 is 0 Å². The quantitative estimate of drug-likeness (QED) is 0.797. The normalized spacial score (nSPS) is 15.5. The van der Waals surface area contributed by atoms with E-state index in [1.165, 1.54) is 0 Å². The van der Waals surface area contributed by atoms with Crippen molar-refractivity contribution in [2.45, 2.75) is 33.2 Å². The average Bonchev–Trinajstić information content (AvgIpc) is 3.28. The van der Waals surface area contributed by atoms with Crippen LogP contribution in [-0.4, -0.2) is 34.8 Å². The maximum atomic E-state index is 12.4. The SMILES string of the molecule is CCN(CC)C(=O)C1(C(=O)NCc2ccccn2)CC1. The zero-order valence-electron chi connectivity index (χ0n) is 12.1. The second-order valence-corrected chi connectivity index (χ2v) is 5.06. The van der Waals surface area contributed by atoms with Gasteiger partial charge >= 0.3 is 0 Å². The van der Waals surface area contributed by atoms with Crippen molar-refractivity contribution in [3.8, 4) is 0 Å². The molecule has 1 N–H and O–H groups in total. The van der Waals surface area contributed by atoms with Gasteiger partial charge in [-0.1, -0.05) is 6.07 Å². The summed E-state index contributed by atoms with van der Waals surface area (Å²) in [5, 5.41) is 2.84. The Labute approximate surface area is 119 Å². The van der Waals surface area contributed by atoms with Crippen molar-refractivity contribution in [2.75, 3.05) is 13.1 Å². The van der Waals surface area contributed by atoms with Crippen LogP contribution in [0.5, 0.6) is 0 Å². The van der Waals surface area contributed by atoms with Crippen molar-refractivity contribution in [3.63, 3.8) is 0 Å². The minimum atomic E-state index is -0.819. The van der Waals surface area contributed by atoms with Crippen LogP contribution in [0.3, 0.4) is 0 Å². The highest BCUT2D eigenvalue weighted by Gasteiger charge is 2.57. The van der Waals surface area contributed by atoms with Gasteiger partial charge in [-0.15, -0.1) is 0 Å². The Hall–Kier alpha value is -1.91. The maximum Gasteiger partial charge on any atom is 0.238 e. The summed E-state index contributed by atoms with van der Waals surface area (Å²) in [7, 11) is 0. The number of aromatic nitrogens is 1. The fourth-order valence-corrected chi connectivity index (χ4v) is 2.32. The number of rotatable bonds is 6. The van der Waals surface area contributed by atoms with Gasteiger partial charge in [0, 0.05) is 19.3 Å². The summed E-state index contributed by atoms with van der Waals surface area (Å²) in [4.78, 5) is 30.6. The summed E-state index contributed by atoms with van der Waals surface area (Å²) in [5.41, 5.74) is -0.0206. The maximum absolute atomic E-state index is 12.4. The van der Waals surface area contributed by atoms with E-state index in [2.05, 4.69) is 10.3 Å². The Morgan fingerprint density at radius 2 is 2.00 bits per heavy atom. The zero-order valence-corrected chi connectivity index (χ0v) is 12.1. The Morgan fingerprint density at radius 3 is 2.50 bits per heavy atom. The van der Waals surface area contributed by atoms with Crippen LogP contribution >= 0.6 is 0 Å². The Bertz CT molecular complexity index is 479. The van der Waals surface area contributed by atoms with Gasteiger partial charge in [-0.05, 0) is 38.8 Å². The first kappa shape index (κ1) is 14.5. The molecule has 108 valence electrons. The number of carbonyl (C=O) groups excluding carboxylic acids is 2. The molecule has 1 aromatic rings. The van der Waals surface area contributed by atoms with Crippen LogP contribution in [0.1, 0.15) is 32.4 Å². The number of nitrogens with one attached hydrogen (secondary N) is 1. The monoisotopic (exact) mass is 275 g/mol. The molecule has 0 atom stereocenters. The number of pyridine rings is 1. The summed E-state index contributed by atoms with van der Waals surface area (Å²) in [6.07, 6.45) is 2.99. The number of carbonyl (C=O) groups is 2. The molecule has 0 bridgehead atoms. The smallest absolute Gasteiger partial charge is 0.238 e. The molecule has 5 nitrogen and oxygen atoms in total. The third kappa shape index (κ3) is 2.81. The number of nitrogens with zero attached hydrogens (tertiary/aromatic N) is 2. The minimum Gasteiger partial charge on any atom is -0.350 e. The lowest BCUT2D eigenvalue weighted by Gasteiger charge is -2.24. The van der Waals surface area contributed by atoms with Crippen LogP contribution in [-0.2, 0) is 16.1 Å². The molecule has 0 unspecified atom stereocenters. The van der Waals surface area contributed by atoms with Gasteiger partial charge in [-0.3, -0.25) is 14.6 Å². The van der Waals surface area contributed by atoms with Crippen molar-refractivity contribution < 1.29 is 9.59 Å². The standard InChI is InChI=1S/C15H21N3O2/c1-3-18(4-2)14(20)15(8-9-15)13(19)17-11-12-7-5-6-10-16-12/h5-7,10H,3-4,8-9,11H2,1-2H3,(H,17,19). The zero-order chi connectivity index (χ0) is 14.6. The predicted molar refractivity (Wildman–Crippen MR) is 75.7 cm³/mol. The van der Waals surface area contributed by atoms with Crippen molar-refractivity contribution in [3.05, 3.63) is 30.1 Å². The fourth-order valence-electron chi connectivity index (χ4n) is 2.32. The molecule has 5 heteroatoms. The molecular formula is C15H21N3O2. The molecule has 1 saturated carbocycles. The van der Waals surface area contributed by atoms with Gasteiger partial charge in [0.1, 0.15) is 5.41 Å². The molecular weight excluding hydrogens is 254 g/mol. The largest absolute Gasteiger partial charge is 0.350 e. The topological polar surface area (TPSA) is 62.3 Å². The second-order valence-electron chi connectivity index (χ2n) is 5.06. The van der Waals surface area contributed by atoms with Crippen LogP contribution in [0.2, 0.25) is 0 Å². The summed E-state index contributed by atoms with van der Waals surface area (Å²) in [6, 6.07) is 5.56. The Kier molecular flexibility index (Phi) is 4.37. The fraction of sp³-hybridized carbons (Fsp3) is 0.533. The van der Waals surface area contributed by atoms with Crippen LogP contribution in [0.4, 0.5) is 0 Å². The van der Waals surface area contributed by atoms with Crippen LogP contribution in [0.25, 0.3) is 0 Å². The van der Waals surface area contributed by atoms with Gasteiger partial charge in [0.25, 0.3) is 0 Å². The van der Waals surface area contributed by atoms with E-state index in [1.54, 1.807) is 11.1 Å². The molecule has 2 amide bonds. The van der Waals surface area contributed by atoms with Crippen molar-refractivity contribution >= 4 is 11.8 Å². The third-order valence-electron chi connectivity index (χ3n) is 3.80. The Morgan fingerprint density at radius 1 is 1.30 bits per heavy atom. The average molecular weight is 275 g/mol. The van der Waals surface area contributed by atoms with Gasteiger partial charge in [0.05, 0.1) is 12.2 Å². The molecule has 1 aromatic heterocycles. The van der Waals surface area contributed by atoms with E-state index in [-0.39, 0.29) is 11.8 Å². The number of hydrogen-bond donors (Lipinski definition) is 1. The van der Waals surface area contributed by atoms with Crippen molar-refractivity contribution in [1.82, 2.24) is 15.2 Å². The predicted octanol–water partition coefficient (Wildman–Crippen LogP) is 1.35. The lowest BCUT2D eigenvalue weighted by Crippen LogP contribution is -2.45. The second kappa shape index (κ2) is 6.03. The highest BCUT2D eigenvalue weighted by molar-refractivity contribution is 6.07. The molecule has 0 radical (unpaired) electrons. The first-order valence-corrected chi connectivity index (χ1v) is 7.11. The molecule has 2 rings (SSSR count). The molecule has 0 spiro atoms. The highest BCUT2D eigenvalue weighted by Crippen LogP contribution is 2.47. The van der Waals surface area contributed by atoms with E-state index in [0.717, 1.165) is 5.69 Å². The van der Waals surface area contributed by atoms with Gasteiger partial charge in [0.15, 0.2) is 0 Å². The van der Waals surface area contributed by atoms with E-state index in [0.29, 0.717) is 32.5 Å². The first-order chi connectivity index (χ1) is 9.64. The summed E-state index contributed by atoms with van der Waals surface area (Å²) < 4.78 is 0. The molecule has 1 aliphatic carbocycles. The van der Waals surface area contributed by atoms with Crippen molar-refractivity contribution in [2.24, 2.45) is 5.41 Å². The minimum absolute atomic E-state index is 0.0407. The summed E-state index contributed by atoms with van der Waals surface area (Å²) in [5.74, 6) is -0.207. The molecule has 1 fully saturated rings. The number of amides is 2. The molecule has 0 saturated heterocycles. The van der Waals surface area contributed by atoms with Gasteiger partial charge in [0.2, 0.25) is 11.8 Å². The lowest BCUT2D eigenvalue weighted by atomic mass is 10.0. The van der Waals surface area contributed by atoms with E-state index in [4.69, 9.17) is 0 Å². The van der Waals surface area contributed by atoms with Gasteiger partial charge in [-0.2, -0.15) is 0 Å². The summed E-state index contributed by atoms with van der Waals surface area (Å²) >= 11 is 0. The number of hydrogen-bond acceptors (Lipinski definition) is 3. The van der Waals surface area contributed by atoms with E-state index < -0.39 is 5.41 Å². The molecule has 0 aliphatic heterocycles. The Balaban J connectivity index is 1.96. The third-order valence-corrected chi connectivity index (χ3v) is 3.80. The van der Waals surface area contributed by atoms with E-state index in [9.17, 15) is 9.59 Å². The summed E-state index contributed by atoms with van der Waals surface area (Å²) in [6.45, 7) is 5.52. The highest BCUT2D eigenvalue weighted by atomic mass is 16.2. The van der Waals surface area contributed by atoms with E-state index in [1.807, 2.05) is 32.0 Å². The van der Waals surface area contributed by atoms with Crippen LogP contribution < -0.4 is 5.32 Å². The molecule has 1 aliphatic rings. The van der Waals surface area contributed by atoms with Crippen molar-refractivity contribution in [1.29, 1.82) is 0 Å². The van der Waals surface area contributed by atoms with Gasteiger partial charge in [-0.25, -0.2) is 0 Å². The molecule has 20 heavy (non-hydrogen) atoms. The first-order valence-electron chi connectivity index (χ1n) is 7.11. The van der Waals surface area contributed by atoms with Crippen LogP contribution in [0, 0.1) is 5.41 Å². The lowest BCUT2D eigenvalue weighted by molar-refractivity contribution is -0.144. The van der Waals surface area contributed by atoms with Gasteiger partial charge < -0.3 is 10.2 Å². The molecule has 1 heterocycles.